The number of nitrogens with one attached hydrogen (secondary N) is 6. The molecular weight excluding hydrogens is 1270 g/mol. The Balaban J connectivity index is 0.000000552. The van der Waals surface area contributed by atoms with Gasteiger partial charge in [0.2, 0.25) is 23.2 Å². The molecule has 0 saturated carbocycles. The number of amides is 4. The van der Waals surface area contributed by atoms with Gasteiger partial charge in [-0.2, -0.15) is 0 Å². The maximum atomic E-state index is 13.2. The number of carboxylic acids is 3. The molecule has 0 bridgehead atoms. The first kappa shape index (κ1) is 79.2. The van der Waals surface area contributed by atoms with Crippen LogP contribution < -0.4 is 42.5 Å². The maximum absolute atomic E-state index is 13.2. The molecule has 0 aliphatic carbocycles. The van der Waals surface area contributed by atoms with Crippen LogP contribution in [0.5, 0.6) is 5.75 Å². The molecule has 5 rings (SSSR count). The monoisotopic (exact) mass is 1370 g/mol. The summed E-state index contributed by atoms with van der Waals surface area (Å²) in [6, 6.07) is 5.94. The standard InChI is InChI=1S/C41H73N7O16S2.C18H20N6O4/c1-4-45-11-13-46(15-16-48(30-39(53)54)18-17-47(14-12-45)29-38(51)52)28-37(50)44-35(31-66(58,59)60)41(55)43-10-7-20-62-23-25-63-24-22-61-19-6-9-42-36(49)8-5-21-64-34-26-32(2)40(65(56)57)33(3)27-34;1-24-9-12(16(26)22-8-13(19)17(27)28)15(25)11-3-2-10(6-14(11)24)7-23-18-20-4-5-21-18/h26-27,35,58-60H,4-25,28-31H2,1-3H3,(H,42,49)(H,43,55)(H,44,50)(H,51,52)(H,53,54)(H,56,57);2-6,9,13H,7-8,19H2,1H3,(H,22,26)(H,27,28)(H2,20,21,23)/p-1/t35-;13-/m10/s1. The predicted molar refractivity (Wildman–Crippen MR) is 348 cm³/mol. The zero-order chi connectivity index (χ0) is 69.2. The van der Waals surface area contributed by atoms with Crippen molar-refractivity contribution >= 4 is 80.3 Å². The smallest absolute Gasteiger partial charge is 0.322 e. The molecule has 1 fully saturated rings. The molecule has 2 aromatic heterocycles. The lowest BCUT2D eigenvalue weighted by atomic mass is 10.1. The molecule has 94 heavy (non-hydrogen) atoms. The molecular formula is C59H92N13O20S2-. The number of imidazole rings is 1. The van der Waals surface area contributed by atoms with E-state index in [4.69, 9.17) is 29.8 Å². The van der Waals surface area contributed by atoms with E-state index in [9.17, 15) is 71.0 Å². The minimum absolute atomic E-state index is 0.0750. The Kier molecular flexibility index (Phi) is 35.6. The highest BCUT2D eigenvalue weighted by Gasteiger charge is 2.29. The molecule has 3 heterocycles. The van der Waals surface area contributed by atoms with E-state index < -0.39 is 80.8 Å². The van der Waals surface area contributed by atoms with Crippen molar-refractivity contribution in [1.82, 2.24) is 55.4 Å². The number of fused-ring (bicyclic) bond motifs is 1. The number of aryl methyl sites for hydroxylation is 3. The molecule has 1 unspecified atom stereocenters. The molecule has 3 atom stereocenters. The van der Waals surface area contributed by atoms with Gasteiger partial charge in [-0.1, -0.05) is 13.0 Å². The van der Waals surface area contributed by atoms with Crippen LogP contribution in [0.15, 0.2) is 58.6 Å². The number of aromatic amines is 1. The van der Waals surface area contributed by atoms with Gasteiger partial charge in [0.05, 0.1) is 74.8 Å². The van der Waals surface area contributed by atoms with Crippen LogP contribution in [0.1, 0.15) is 59.7 Å². The lowest BCUT2D eigenvalue weighted by Gasteiger charge is -2.33. The Hall–Kier alpha value is -7.23. The van der Waals surface area contributed by atoms with E-state index in [1.807, 2.05) is 13.0 Å². The summed E-state index contributed by atoms with van der Waals surface area (Å²) in [6.07, 6.45) is 6.58. The van der Waals surface area contributed by atoms with E-state index in [2.05, 4.69) is 41.5 Å². The number of pyridine rings is 1. The zero-order valence-corrected chi connectivity index (χ0v) is 55.2. The van der Waals surface area contributed by atoms with E-state index in [0.29, 0.717) is 145 Å². The van der Waals surface area contributed by atoms with Crippen LogP contribution in [0, 0.1) is 13.8 Å². The molecule has 4 amide bonds. The van der Waals surface area contributed by atoms with Crippen LogP contribution in [0.4, 0.5) is 5.95 Å². The number of ether oxygens (including phenoxy) is 4. The van der Waals surface area contributed by atoms with Crippen LogP contribution in [0.3, 0.4) is 0 Å². The second kappa shape index (κ2) is 42.3. The molecule has 1 aliphatic rings. The van der Waals surface area contributed by atoms with Gasteiger partial charge < -0.3 is 99.2 Å². The van der Waals surface area contributed by atoms with Gasteiger partial charge in [-0.25, -0.2) is 4.98 Å². The molecule has 14 N–H and O–H groups in total. The average molecular weight is 1370 g/mol. The van der Waals surface area contributed by atoms with Gasteiger partial charge in [-0.3, -0.25) is 57.3 Å². The van der Waals surface area contributed by atoms with E-state index in [1.54, 1.807) is 76.8 Å². The number of rotatable bonds is 38. The number of hydrogen-bond donors (Lipinski definition) is 13. The molecule has 35 heteroatoms. The van der Waals surface area contributed by atoms with Gasteiger partial charge >= 0.3 is 17.9 Å². The molecule has 4 aromatic rings. The van der Waals surface area contributed by atoms with Gasteiger partial charge in [0.25, 0.3) is 5.91 Å². The van der Waals surface area contributed by atoms with Crippen molar-refractivity contribution in [3.8, 4) is 5.75 Å². The number of benzene rings is 2. The van der Waals surface area contributed by atoms with Gasteiger partial charge in [0.15, 0.2) is 5.95 Å². The second-order valence-electron chi connectivity index (χ2n) is 22.0. The molecule has 0 radical (unpaired) electrons. The van der Waals surface area contributed by atoms with E-state index in [0.717, 1.165) is 5.56 Å². The Morgan fingerprint density at radius 1 is 0.745 bits per heavy atom. The van der Waals surface area contributed by atoms with Gasteiger partial charge in [0.1, 0.15) is 23.4 Å². The van der Waals surface area contributed by atoms with Crippen molar-refractivity contribution in [3.05, 3.63) is 81.4 Å². The normalized spacial score (nSPS) is 15.0. The van der Waals surface area contributed by atoms with Crippen molar-refractivity contribution in [1.29, 1.82) is 0 Å². The number of hydrogen-bond acceptors (Lipinski definition) is 24. The molecule has 2 aromatic carbocycles. The summed E-state index contributed by atoms with van der Waals surface area (Å²) in [5, 5.41) is 41.4. The van der Waals surface area contributed by atoms with Crippen molar-refractivity contribution in [3.63, 3.8) is 0 Å². The number of carbonyl (C=O) groups excluding carboxylic acids is 4. The summed E-state index contributed by atoms with van der Waals surface area (Å²) >= 11 is -2.32. The number of nitrogens with zero attached hydrogens (tertiary/aromatic N) is 6. The third-order valence-electron chi connectivity index (χ3n) is 14.5. The van der Waals surface area contributed by atoms with Crippen LogP contribution in [0.2, 0.25) is 0 Å². The van der Waals surface area contributed by atoms with Crippen LogP contribution in [0.25, 0.3) is 10.9 Å². The van der Waals surface area contributed by atoms with E-state index >= 15 is 0 Å². The Morgan fingerprint density at radius 3 is 1.82 bits per heavy atom. The summed E-state index contributed by atoms with van der Waals surface area (Å²) in [6.45, 7) is 11.6. The van der Waals surface area contributed by atoms with Crippen molar-refractivity contribution < 1.29 is 90.2 Å². The lowest BCUT2D eigenvalue weighted by molar-refractivity contribution is -0.140. The molecule has 1 saturated heterocycles. The summed E-state index contributed by atoms with van der Waals surface area (Å²) in [5.74, 6) is -5.01. The first-order valence-corrected chi connectivity index (χ1v) is 33.3. The van der Waals surface area contributed by atoms with Gasteiger partial charge in [0, 0.05) is 134 Å². The first-order chi connectivity index (χ1) is 44.7. The van der Waals surface area contributed by atoms with Gasteiger partial charge in [-0.05, 0) is 91.7 Å². The number of nitrogens with two attached hydrogens (primary N) is 1. The number of anilines is 1. The van der Waals surface area contributed by atoms with Crippen LogP contribution in [-0.4, -0.2) is 276 Å². The highest BCUT2D eigenvalue weighted by atomic mass is 32.3. The fourth-order valence-electron chi connectivity index (χ4n) is 9.55. The number of carbonyl (C=O) groups is 7. The van der Waals surface area contributed by atoms with Crippen molar-refractivity contribution in [2.45, 2.75) is 70.0 Å². The quantitative estimate of drug-likeness (QED) is 0.0206. The molecule has 526 valence electrons. The molecule has 1 aliphatic heterocycles. The van der Waals surface area contributed by atoms with Crippen molar-refractivity contribution in [2.24, 2.45) is 12.8 Å². The van der Waals surface area contributed by atoms with Gasteiger partial charge in [-0.15, -0.1) is 0 Å². The maximum Gasteiger partial charge on any atom is 0.322 e. The number of likely N-dealkylation sites (N-methyl/N-ethyl adjacent to an activating group) is 1. The number of H-pyrrole nitrogens is 1. The third-order valence-corrected chi connectivity index (χ3v) is 16.2. The van der Waals surface area contributed by atoms with Crippen molar-refractivity contribution in [2.75, 3.05) is 155 Å². The first-order valence-electron chi connectivity index (χ1n) is 30.6. The largest absolute Gasteiger partial charge is 0.768 e. The number of carboxylic acid groups (broad SMARTS) is 3. The second-order valence-corrected chi connectivity index (χ2v) is 24.5. The fourth-order valence-corrected chi connectivity index (χ4v) is 10.9. The average Bonchev–Trinajstić information content (AvgIpc) is 0.895. The molecule has 0 spiro atoms. The summed E-state index contributed by atoms with van der Waals surface area (Å²) in [7, 11) is -2.44. The number of aliphatic carboxylic acids is 3. The minimum Gasteiger partial charge on any atom is -0.768 e. The van der Waals surface area contributed by atoms with E-state index in [-0.39, 0.29) is 81.8 Å². The summed E-state index contributed by atoms with van der Waals surface area (Å²) in [5.41, 5.74) is 7.67. The summed E-state index contributed by atoms with van der Waals surface area (Å²) < 4.78 is 75.9. The van der Waals surface area contributed by atoms with Crippen LogP contribution >= 0.6 is 10.9 Å². The lowest BCUT2D eigenvalue weighted by Crippen LogP contribution is -2.53. The predicted octanol–water partition coefficient (Wildman–Crippen LogP) is -0.103. The fraction of sp³-hybridized carbons (Fsp3) is 0.576. The highest BCUT2D eigenvalue weighted by molar-refractivity contribution is 8.19. The highest BCUT2D eigenvalue weighted by Crippen LogP contribution is 2.33. The number of aromatic nitrogens is 3. The topological polar surface area (TPSA) is 468 Å². The zero-order valence-electron chi connectivity index (χ0n) is 53.5. The van der Waals surface area contributed by atoms with E-state index in [1.165, 1.54) is 6.20 Å². The van der Waals surface area contributed by atoms with Crippen LogP contribution in [-0.2, 0) is 67.7 Å². The SMILES string of the molecule is CCN1CCN(CC(=O)O)CCN(CC(=O)O)CCN(CC(=O)N[C@H](CS(O)(O)O)C(=O)NCCCOCCOCCOCCCNC(=O)CCCOc2cc(C)c(S(=O)[O-])c(C)c2)CC1.Cn1cc(C(=O)NC[C@H](N)C(=O)O)c(=O)c2ccc(CNc3ncc[nH]3)cc21. The third kappa shape index (κ3) is 30.9. The Labute approximate surface area is 549 Å². The minimum atomic E-state index is -4.17. The summed E-state index contributed by atoms with van der Waals surface area (Å²) in [4.78, 5) is 112. The Morgan fingerprint density at radius 2 is 1.30 bits per heavy atom. The molecule has 33 nitrogen and oxygen atoms in total. The Bertz CT molecular complexity index is 3120.